The van der Waals surface area contributed by atoms with Crippen LogP contribution in [0.4, 0.5) is 9.80 Å². The first-order valence-corrected chi connectivity index (χ1v) is 7.60. The third-order valence-electron chi connectivity index (χ3n) is 4.11. The molecule has 1 fully saturated rings. The van der Waals surface area contributed by atoms with Crippen LogP contribution in [-0.2, 0) is 4.74 Å². The molecule has 2 rings (SSSR count). The van der Waals surface area contributed by atoms with Crippen LogP contribution in [0.3, 0.4) is 0 Å². The van der Waals surface area contributed by atoms with E-state index in [1.165, 1.54) is 11.3 Å². The summed E-state index contributed by atoms with van der Waals surface area (Å²) < 4.78 is 5.47. The Morgan fingerprint density at radius 3 is 2.62 bits per heavy atom. The van der Waals surface area contributed by atoms with Gasteiger partial charge in [-0.05, 0) is 39.7 Å². The van der Waals surface area contributed by atoms with Gasteiger partial charge in [-0.2, -0.15) is 0 Å². The number of thiophene rings is 1. The summed E-state index contributed by atoms with van der Waals surface area (Å²) in [4.78, 5) is 24.3. The molecule has 1 aliphatic heterocycles. The van der Waals surface area contributed by atoms with E-state index in [0.717, 1.165) is 11.3 Å². The zero-order valence-electron chi connectivity index (χ0n) is 12.6. The maximum atomic E-state index is 12.2. The van der Waals surface area contributed by atoms with Crippen molar-refractivity contribution in [3.63, 3.8) is 0 Å². The van der Waals surface area contributed by atoms with E-state index >= 15 is 0 Å². The lowest BCUT2D eigenvalue weighted by Crippen LogP contribution is -2.52. The van der Waals surface area contributed by atoms with Crippen LogP contribution in [0.5, 0.6) is 0 Å². The molecule has 1 saturated heterocycles. The van der Waals surface area contributed by atoms with Gasteiger partial charge in [0.15, 0.2) is 0 Å². The summed E-state index contributed by atoms with van der Waals surface area (Å²) in [6, 6.07) is -0.404. The molecule has 1 aromatic rings. The minimum absolute atomic E-state index is 0.0750. The molecule has 0 aliphatic carbocycles. The number of aromatic carboxylic acids is 1. The van der Waals surface area contributed by atoms with Gasteiger partial charge in [0.1, 0.15) is 5.00 Å². The minimum Gasteiger partial charge on any atom is -0.478 e. The van der Waals surface area contributed by atoms with Crippen molar-refractivity contribution in [3.8, 4) is 0 Å². The van der Waals surface area contributed by atoms with Crippen molar-refractivity contribution in [2.45, 2.75) is 45.8 Å². The zero-order valence-corrected chi connectivity index (χ0v) is 13.4. The van der Waals surface area contributed by atoms with Crippen LogP contribution in [0.2, 0.25) is 0 Å². The normalized spacial score (nSPS) is 24.9. The number of carboxylic acids is 1. The summed E-state index contributed by atoms with van der Waals surface area (Å²) in [5.74, 6) is -1.03. The number of carbonyl (C=O) groups is 2. The molecule has 2 unspecified atom stereocenters. The van der Waals surface area contributed by atoms with Crippen molar-refractivity contribution >= 4 is 28.3 Å². The number of amides is 2. The number of nitrogens with one attached hydrogen (secondary N) is 2. The van der Waals surface area contributed by atoms with E-state index in [1.54, 1.807) is 6.92 Å². The monoisotopic (exact) mass is 312 g/mol. The lowest BCUT2D eigenvalue weighted by molar-refractivity contribution is 0.0697. The van der Waals surface area contributed by atoms with Crippen LogP contribution in [0.1, 0.15) is 41.1 Å². The number of aryl methyl sites for hydroxylation is 1. The van der Waals surface area contributed by atoms with E-state index in [4.69, 9.17) is 4.74 Å². The third-order valence-corrected chi connectivity index (χ3v) is 5.23. The van der Waals surface area contributed by atoms with Crippen molar-refractivity contribution in [3.05, 3.63) is 16.0 Å². The topological polar surface area (TPSA) is 87.7 Å². The van der Waals surface area contributed by atoms with Crippen molar-refractivity contribution < 1.29 is 19.4 Å². The first kappa shape index (κ1) is 15.8. The van der Waals surface area contributed by atoms with Gasteiger partial charge in [-0.3, -0.25) is 5.32 Å². The van der Waals surface area contributed by atoms with Gasteiger partial charge in [0.2, 0.25) is 0 Å². The number of ether oxygens (including phenoxy) is 1. The number of hydrogen-bond donors (Lipinski definition) is 3. The molecule has 0 spiro atoms. The highest BCUT2D eigenvalue weighted by molar-refractivity contribution is 7.16. The van der Waals surface area contributed by atoms with E-state index in [1.807, 2.05) is 20.8 Å². The summed E-state index contributed by atoms with van der Waals surface area (Å²) >= 11 is 1.27. The predicted octanol–water partition coefficient (Wildman–Crippen LogP) is 2.75. The Balaban J connectivity index is 2.14. The van der Waals surface area contributed by atoms with E-state index in [9.17, 15) is 14.7 Å². The lowest BCUT2D eigenvalue weighted by Gasteiger charge is -2.28. The fourth-order valence-corrected chi connectivity index (χ4v) is 3.41. The Bertz CT molecular complexity index is 584. The highest BCUT2D eigenvalue weighted by Crippen LogP contribution is 2.32. The highest BCUT2D eigenvalue weighted by Gasteiger charge is 2.38. The lowest BCUT2D eigenvalue weighted by atomic mass is 9.95. The van der Waals surface area contributed by atoms with Gasteiger partial charge in [0.05, 0.1) is 17.2 Å². The maximum Gasteiger partial charge on any atom is 0.338 e. The summed E-state index contributed by atoms with van der Waals surface area (Å²) in [6.45, 7) is 8.02. The zero-order chi connectivity index (χ0) is 15.8. The third kappa shape index (κ3) is 3.03. The number of urea groups is 1. The fraction of sp³-hybridized carbons (Fsp3) is 0.571. The van der Waals surface area contributed by atoms with Crippen molar-refractivity contribution in [2.75, 3.05) is 11.9 Å². The van der Waals surface area contributed by atoms with Crippen LogP contribution in [0.15, 0.2) is 0 Å². The van der Waals surface area contributed by atoms with Crippen LogP contribution in [-0.4, -0.2) is 35.4 Å². The molecule has 6 nitrogen and oxygen atoms in total. The van der Waals surface area contributed by atoms with Gasteiger partial charge in [0, 0.05) is 11.5 Å². The smallest absolute Gasteiger partial charge is 0.338 e. The molecule has 116 valence electrons. The van der Waals surface area contributed by atoms with Gasteiger partial charge < -0.3 is 15.2 Å². The first-order chi connectivity index (χ1) is 9.74. The Morgan fingerprint density at radius 1 is 1.43 bits per heavy atom. The Labute approximate surface area is 127 Å². The van der Waals surface area contributed by atoms with Gasteiger partial charge in [-0.25, -0.2) is 9.59 Å². The van der Waals surface area contributed by atoms with E-state index in [2.05, 4.69) is 10.6 Å². The number of rotatable bonds is 3. The highest BCUT2D eigenvalue weighted by atomic mass is 32.1. The number of carboxylic acid groups (broad SMARTS) is 1. The van der Waals surface area contributed by atoms with Crippen LogP contribution >= 0.6 is 11.3 Å². The van der Waals surface area contributed by atoms with Crippen LogP contribution in [0, 0.1) is 13.8 Å². The van der Waals surface area contributed by atoms with Gasteiger partial charge in [-0.15, -0.1) is 11.3 Å². The molecule has 21 heavy (non-hydrogen) atoms. The van der Waals surface area contributed by atoms with Crippen molar-refractivity contribution in [1.82, 2.24) is 5.32 Å². The standard InChI is InChI=1S/C14H20N2O4S/c1-7-8(2)21-11(10(7)12(17)18)15-13(19)16-14(4)5-6-20-9(14)3/h9H,5-6H2,1-4H3,(H,17,18)(H2,15,16,19). The summed E-state index contributed by atoms with van der Waals surface area (Å²) in [5.41, 5.74) is 0.412. The molecule has 1 aliphatic rings. The van der Waals surface area contributed by atoms with Gasteiger partial charge >= 0.3 is 12.0 Å². The molecule has 7 heteroatoms. The van der Waals surface area contributed by atoms with E-state index in [-0.39, 0.29) is 11.7 Å². The second kappa shape index (κ2) is 5.65. The second-order valence-electron chi connectivity index (χ2n) is 5.55. The largest absolute Gasteiger partial charge is 0.478 e. The summed E-state index contributed by atoms with van der Waals surface area (Å²) in [7, 11) is 0. The number of anilines is 1. The van der Waals surface area contributed by atoms with Gasteiger partial charge in [-0.1, -0.05) is 0 Å². The average Bonchev–Trinajstić information content (AvgIpc) is 2.81. The molecule has 1 aromatic heterocycles. The summed E-state index contributed by atoms with van der Waals surface area (Å²) in [5, 5.41) is 15.2. The average molecular weight is 312 g/mol. The molecular weight excluding hydrogens is 292 g/mol. The minimum atomic E-state index is -1.03. The van der Waals surface area contributed by atoms with E-state index < -0.39 is 17.5 Å². The van der Waals surface area contributed by atoms with Crippen LogP contribution in [0.25, 0.3) is 0 Å². The molecule has 0 bridgehead atoms. The predicted molar refractivity (Wildman–Crippen MR) is 81.3 cm³/mol. The molecule has 0 saturated carbocycles. The molecule has 0 radical (unpaired) electrons. The maximum absolute atomic E-state index is 12.2. The Kier molecular flexibility index (Phi) is 4.25. The van der Waals surface area contributed by atoms with Gasteiger partial charge in [0.25, 0.3) is 0 Å². The first-order valence-electron chi connectivity index (χ1n) is 6.78. The molecular formula is C14H20N2O4S. The number of carbonyl (C=O) groups excluding carboxylic acids is 1. The van der Waals surface area contributed by atoms with E-state index in [0.29, 0.717) is 17.2 Å². The molecule has 2 amide bonds. The molecule has 2 atom stereocenters. The second-order valence-corrected chi connectivity index (χ2v) is 6.78. The Hall–Kier alpha value is -1.60. The molecule has 2 heterocycles. The Morgan fingerprint density at radius 2 is 2.10 bits per heavy atom. The van der Waals surface area contributed by atoms with Crippen LogP contribution < -0.4 is 10.6 Å². The molecule has 3 N–H and O–H groups in total. The van der Waals surface area contributed by atoms with Crippen molar-refractivity contribution in [1.29, 1.82) is 0 Å². The van der Waals surface area contributed by atoms with Crippen molar-refractivity contribution in [2.24, 2.45) is 0 Å². The molecule has 0 aromatic carbocycles. The SMILES string of the molecule is Cc1sc(NC(=O)NC2(C)CCOC2C)c(C(=O)O)c1C. The quantitative estimate of drug-likeness (QED) is 0.801. The fourth-order valence-electron chi connectivity index (χ4n) is 2.37. The summed E-state index contributed by atoms with van der Waals surface area (Å²) in [6.07, 6.45) is 0.657. The number of hydrogen-bond acceptors (Lipinski definition) is 4.